The van der Waals surface area contributed by atoms with Gasteiger partial charge in [0.25, 0.3) is 0 Å². The first-order valence-corrected chi connectivity index (χ1v) is 19.6. The molecule has 45 heavy (non-hydrogen) atoms. The van der Waals surface area contributed by atoms with E-state index in [1.54, 1.807) is 6.08 Å². The first kappa shape index (κ1) is 43.8. The monoisotopic (exact) mass is 636 g/mol. The zero-order chi connectivity index (χ0) is 33.1. The first-order chi connectivity index (χ1) is 22.0. The Bertz CT molecular complexity index is 665. The Labute approximate surface area is 280 Å². The van der Waals surface area contributed by atoms with E-state index in [0.29, 0.717) is 6.42 Å². The minimum atomic E-state index is -0.947. The lowest BCUT2D eigenvalue weighted by atomic mass is 10.0. The molecule has 0 radical (unpaired) electrons. The lowest BCUT2D eigenvalue weighted by Crippen LogP contribution is -2.45. The van der Waals surface area contributed by atoms with E-state index in [1.807, 2.05) is 6.08 Å². The third-order valence-electron chi connectivity index (χ3n) is 8.99. The average Bonchev–Trinajstić information content (AvgIpc) is 3.03. The molecule has 4 N–H and O–H groups in total. The van der Waals surface area contributed by atoms with Crippen molar-refractivity contribution in [2.75, 3.05) is 6.61 Å². The van der Waals surface area contributed by atoms with Crippen molar-refractivity contribution in [1.82, 2.24) is 5.32 Å². The fraction of sp³-hybridized carbons (Fsp3) is 0.875. The molecular weight excluding hydrogens is 558 g/mol. The molecule has 0 saturated heterocycles. The maximum atomic E-state index is 12.3. The Balaban J connectivity index is 3.73. The summed E-state index contributed by atoms with van der Waals surface area (Å²) in [5.41, 5.74) is 0. The standard InChI is InChI=1S/C40H77NO4/c1-3-5-7-9-11-13-15-16-17-18-19-20-21-22-23-24-26-28-30-32-34-39(44)38(36-42)41-40(45)35-37(43)33-31-29-27-25-14-12-10-8-6-4-2/h24,26,32,34,37-39,42-44H,3-23,25,27-31,33,35-36H2,1-2H3,(H,41,45)/b26-24+,34-32+. The molecule has 5 nitrogen and oxygen atoms in total. The van der Waals surface area contributed by atoms with E-state index >= 15 is 0 Å². The molecule has 1 amide bonds. The first-order valence-electron chi connectivity index (χ1n) is 19.6. The van der Waals surface area contributed by atoms with Crippen molar-refractivity contribution in [3.05, 3.63) is 24.3 Å². The second kappa shape index (κ2) is 35.7. The Morgan fingerprint density at radius 2 is 0.956 bits per heavy atom. The summed E-state index contributed by atoms with van der Waals surface area (Å²) in [6.07, 6.45) is 41.7. The molecule has 0 spiro atoms. The number of amides is 1. The van der Waals surface area contributed by atoms with E-state index in [-0.39, 0.29) is 18.9 Å². The molecular formula is C40H77NO4. The van der Waals surface area contributed by atoms with Gasteiger partial charge in [-0.05, 0) is 32.1 Å². The highest BCUT2D eigenvalue weighted by molar-refractivity contribution is 5.76. The summed E-state index contributed by atoms with van der Waals surface area (Å²) >= 11 is 0. The molecule has 266 valence electrons. The van der Waals surface area contributed by atoms with Crippen LogP contribution in [-0.4, -0.2) is 46.1 Å². The number of rotatable bonds is 35. The van der Waals surface area contributed by atoms with E-state index in [2.05, 4.69) is 31.3 Å². The van der Waals surface area contributed by atoms with Gasteiger partial charge < -0.3 is 20.6 Å². The summed E-state index contributed by atoms with van der Waals surface area (Å²) in [5, 5.41) is 33.0. The van der Waals surface area contributed by atoms with Gasteiger partial charge in [0.1, 0.15) is 0 Å². The van der Waals surface area contributed by atoms with Crippen LogP contribution in [0.5, 0.6) is 0 Å². The summed E-state index contributed by atoms with van der Waals surface area (Å²) in [5.74, 6) is -0.326. The molecule has 0 saturated carbocycles. The van der Waals surface area contributed by atoms with Crippen LogP contribution < -0.4 is 5.32 Å². The van der Waals surface area contributed by atoms with Gasteiger partial charge >= 0.3 is 0 Å². The number of hydrogen-bond donors (Lipinski definition) is 4. The van der Waals surface area contributed by atoms with Crippen LogP contribution in [0.15, 0.2) is 24.3 Å². The lowest BCUT2D eigenvalue weighted by molar-refractivity contribution is -0.124. The summed E-state index contributed by atoms with van der Waals surface area (Å²) in [4.78, 5) is 12.3. The van der Waals surface area contributed by atoms with Gasteiger partial charge in [0.2, 0.25) is 5.91 Å². The van der Waals surface area contributed by atoms with Gasteiger partial charge in [-0.1, -0.05) is 186 Å². The molecule has 0 aliphatic heterocycles. The zero-order valence-corrected chi connectivity index (χ0v) is 30.0. The molecule has 0 aromatic carbocycles. The SMILES string of the molecule is CCCCCCCCCCCCCCCC/C=C/CC/C=C/C(O)C(CO)NC(=O)CC(O)CCCCCCCCCCCC. The minimum absolute atomic E-state index is 0.00840. The molecule has 3 atom stereocenters. The third-order valence-corrected chi connectivity index (χ3v) is 8.99. The Kier molecular flexibility index (Phi) is 34.8. The molecule has 0 aromatic rings. The van der Waals surface area contributed by atoms with E-state index < -0.39 is 18.2 Å². The second-order valence-electron chi connectivity index (χ2n) is 13.5. The number of nitrogens with one attached hydrogen (secondary N) is 1. The van der Waals surface area contributed by atoms with Crippen LogP contribution in [0.1, 0.15) is 200 Å². The van der Waals surface area contributed by atoms with Crippen molar-refractivity contribution in [3.8, 4) is 0 Å². The number of carbonyl (C=O) groups is 1. The molecule has 5 heteroatoms. The highest BCUT2D eigenvalue weighted by Gasteiger charge is 2.20. The molecule has 0 rings (SSSR count). The van der Waals surface area contributed by atoms with Crippen LogP contribution in [0.2, 0.25) is 0 Å². The molecule has 0 heterocycles. The molecule has 0 aliphatic rings. The number of aliphatic hydroxyl groups is 3. The van der Waals surface area contributed by atoms with E-state index in [9.17, 15) is 20.1 Å². The van der Waals surface area contributed by atoms with Gasteiger partial charge in [-0.3, -0.25) is 4.79 Å². The Morgan fingerprint density at radius 3 is 1.42 bits per heavy atom. The van der Waals surface area contributed by atoms with E-state index in [1.165, 1.54) is 141 Å². The predicted octanol–water partition coefficient (Wildman–Crippen LogP) is 10.7. The van der Waals surface area contributed by atoms with Crippen LogP contribution >= 0.6 is 0 Å². The Morgan fingerprint density at radius 1 is 0.556 bits per heavy atom. The molecule has 0 bridgehead atoms. The summed E-state index contributed by atoms with van der Waals surface area (Å²) in [7, 11) is 0. The molecule has 0 aliphatic carbocycles. The maximum Gasteiger partial charge on any atom is 0.222 e. The van der Waals surface area contributed by atoms with Gasteiger partial charge in [0.05, 0.1) is 31.3 Å². The van der Waals surface area contributed by atoms with Crippen molar-refractivity contribution in [2.45, 2.75) is 218 Å². The van der Waals surface area contributed by atoms with E-state index in [4.69, 9.17) is 0 Å². The van der Waals surface area contributed by atoms with Crippen molar-refractivity contribution < 1.29 is 20.1 Å². The van der Waals surface area contributed by atoms with E-state index in [0.717, 1.165) is 32.1 Å². The summed E-state index contributed by atoms with van der Waals surface area (Å²) in [6, 6.07) is -0.755. The topological polar surface area (TPSA) is 89.8 Å². The number of hydrogen-bond acceptors (Lipinski definition) is 4. The predicted molar refractivity (Wildman–Crippen MR) is 195 cm³/mol. The third kappa shape index (κ3) is 32.6. The molecule has 3 unspecified atom stereocenters. The van der Waals surface area contributed by atoms with Crippen molar-refractivity contribution in [3.63, 3.8) is 0 Å². The summed E-state index contributed by atoms with van der Waals surface area (Å²) in [6.45, 7) is 4.18. The van der Waals surface area contributed by atoms with Crippen molar-refractivity contribution >= 4 is 5.91 Å². The van der Waals surface area contributed by atoms with Crippen LogP contribution in [0, 0.1) is 0 Å². The largest absolute Gasteiger partial charge is 0.394 e. The highest BCUT2D eigenvalue weighted by Crippen LogP contribution is 2.15. The second-order valence-corrected chi connectivity index (χ2v) is 13.5. The van der Waals surface area contributed by atoms with Gasteiger partial charge in [-0.25, -0.2) is 0 Å². The number of unbranched alkanes of at least 4 members (excludes halogenated alkanes) is 24. The van der Waals surface area contributed by atoms with Gasteiger partial charge in [-0.2, -0.15) is 0 Å². The number of aliphatic hydroxyl groups excluding tert-OH is 3. The Hall–Kier alpha value is -1.17. The normalized spacial score (nSPS) is 14.0. The van der Waals surface area contributed by atoms with Gasteiger partial charge in [0, 0.05) is 0 Å². The van der Waals surface area contributed by atoms with Crippen LogP contribution in [0.3, 0.4) is 0 Å². The zero-order valence-electron chi connectivity index (χ0n) is 30.0. The fourth-order valence-corrected chi connectivity index (χ4v) is 5.94. The smallest absolute Gasteiger partial charge is 0.222 e. The maximum absolute atomic E-state index is 12.3. The van der Waals surface area contributed by atoms with Gasteiger partial charge in [-0.15, -0.1) is 0 Å². The minimum Gasteiger partial charge on any atom is -0.394 e. The van der Waals surface area contributed by atoms with Crippen LogP contribution in [-0.2, 0) is 4.79 Å². The van der Waals surface area contributed by atoms with Gasteiger partial charge in [0.15, 0.2) is 0 Å². The summed E-state index contributed by atoms with van der Waals surface area (Å²) < 4.78 is 0. The quantitative estimate of drug-likeness (QED) is 0.0412. The lowest BCUT2D eigenvalue weighted by Gasteiger charge is -2.21. The van der Waals surface area contributed by atoms with Crippen LogP contribution in [0.25, 0.3) is 0 Å². The van der Waals surface area contributed by atoms with Crippen molar-refractivity contribution in [2.24, 2.45) is 0 Å². The van der Waals surface area contributed by atoms with Crippen molar-refractivity contribution in [1.29, 1.82) is 0 Å². The average molecular weight is 636 g/mol. The molecule has 0 aromatic heterocycles. The molecule has 0 fully saturated rings. The number of allylic oxidation sites excluding steroid dienone is 3. The van der Waals surface area contributed by atoms with Crippen LogP contribution in [0.4, 0.5) is 0 Å². The highest BCUT2D eigenvalue weighted by atomic mass is 16.3. The number of carbonyl (C=O) groups excluding carboxylic acids is 1. The fourth-order valence-electron chi connectivity index (χ4n) is 5.94.